The second-order valence-corrected chi connectivity index (χ2v) is 5.22. The Labute approximate surface area is 136 Å². The predicted octanol–water partition coefficient (Wildman–Crippen LogP) is 3.06. The molecule has 1 aromatic heterocycles. The number of hydrogen-bond donors (Lipinski definition) is 0. The quantitative estimate of drug-likeness (QED) is 0.572. The first-order chi connectivity index (χ1) is 10.2. The summed E-state index contributed by atoms with van der Waals surface area (Å²) in [6, 6.07) is 8.81. The van der Waals surface area contributed by atoms with E-state index in [9.17, 15) is 4.79 Å². The van der Waals surface area contributed by atoms with E-state index < -0.39 is 5.97 Å². The van der Waals surface area contributed by atoms with Crippen LogP contribution in [0.2, 0.25) is 0 Å². The molecular formula is C15H14INO4. The van der Waals surface area contributed by atoms with Gasteiger partial charge in [0.25, 0.3) is 0 Å². The molecule has 0 spiro atoms. The van der Waals surface area contributed by atoms with Crippen LogP contribution < -0.4 is 9.47 Å². The van der Waals surface area contributed by atoms with Gasteiger partial charge >= 0.3 is 5.97 Å². The molecule has 2 rings (SSSR count). The van der Waals surface area contributed by atoms with Gasteiger partial charge in [0.2, 0.25) is 5.88 Å². The molecule has 0 atom stereocenters. The number of nitrogens with zero attached hydrogens (tertiary/aromatic N) is 1. The summed E-state index contributed by atoms with van der Waals surface area (Å²) in [7, 11) is 2.90. The number of rotatable bonds is 5. The third-order valence-corrected chi connectivity index (χ3v) is 3.83. The Balaban J connectivity index is 2.23. The van der Waals surface area contributed by atoms with Crippen LogP contribution in [0.25, 0.3) is 0 Å². The highest BCUT2D eigenvalue weighted by Gasteiger charge is 2.14. The predicted molar refractivity (Wildman–Crippen MR) is 85.6 cm³/mol. The molecule has 2 aromatic rings. The summed E-state index contributed by atoms with van der Waals surface area (Å²) in [5.41, 5.74) is 1.22. The number of methoxy groups -OCH3 is 2. The third kappa shape index (κ3) is 3.63. The zero-order valence-corrected chi connectivity index (χ0v) is 13.8. The Hall–Kier alpha value is -1.83. The minimum atomic E-state index is -0.432. The molecule has 6 heteroatoms. The summed E-state index contributed by atoms with van der Waals surface area (Å²) >= 11 is 2.19. The van der Waals surface area contributed by atoms with E-state index in [0.717, 1.165) is 9.13 Å². The minimum absolute atomic E-state index is 0.253. The molecule has 0 bridgehead atoms. The van der Waals surface area contributed by atoms with Gasteiger partial charge in [0.05, 0.1) is 19.8 Å². The number of pyridine rings is 1. The Bertz CT molecular complexity index is 645. The normalized spacial score (nSPS) is 10.0. The van der Waals surface area contributed by atoms with Gasteiger partial charge in [-0.15, -0.1) is 0 Å². The van der Waals surface area contributed by atoms with Crippen molar-refractivity contribution >= 4 is 28.6 Å². The lowest BCUT2D eigenvalue weighted by Crippen LogP contribution is -2.07. The zero-order valence-electron chi connectivity index (χ0n) is 11.6. The van der Waals surface area contributed by atoms with E-state index in [1.54, 1.807) is 37.6 Å². The van der Waals surface area contributed by atoms with Crippen molar-refractivity contribution in [3.63, 3.8) is 0 Å². The highest BCUT2D eigenvalue weighted by Crippen LogP contribution is 2.25. The maximum absolute atomic E-state index is 11.7. The number of para-hydroxylation sites is 1. The number of aromatic nitrogens is 1. The van der Waals surface area contributed by atoms with E-state index in [1.165, 1.54) is 7.11 Å². The molecule has 0 amide bonds. The fraction of sp³-hybridized carbons (Fsp3) is 0.200. The monoisotopic (exact) mass is 399 g/mol. The summed E-state index contributed by atoms with van der Waals surface area (Å²) in [5, 5.41) is 0. The summed E-state index contributed by atoms with van der Waals surface area (Å²) < 4.78 is 16.7. The average molecular weight is 399 g/mol. The summed E-state index contributed by atoms with van der Waals surface area (Å²) in [6.45, 7) is 0.253. The molecule has 0 aliphatic carbocycles. The van der Waals surface area contributed by atoms with E-state index in [-0.39, 0.29) is 6.61 Å². The van der Waals surface area contributed by atoms with Crippen molar-refractivity contribution in [2.45, 2.75) is 6.61 Å². The molecule has 0 aliphatic heterocycles. The van der Waals surface area contributed by atoms with Crippen LogP contribution in [0.15, 0.2) is 36.5 Å². The Morgan fingerprint density at radius 1 is 1.24 bits per heavy atom. The van der Waals surface area contributed by atoms with Crippen molar-refractivity contribution in [2.75, 3.05) is 14.2 Å². The number of carbonyl (C=O) groups excluding carboxylic acids is 1. The minimum Gasteiger partial charge on any atom is -0.488 e. The van der Waals surface area contributed by atoms with Crippen molar-refractivity contribution in [3.05, 3.63) is 51.2 Å². The number of carbonyl (C=O) groups is 1. The topological polar surface area (TPSA) is 57.7 Å². The first-order valence-electron chi connectivity index (χ1n) is 6.15. The molecule has 0 fully saturated rings. The van der Waals surface area contributed by atoms with Gasteiger partial charge < -0.3 is 14.2 Å². The van der Waals surface area contributed by atoms with Crippen molar-refractivity contribution in [3.8, 4) is 11.6 Å². The van der Waals surface area contributed by atoms with Crippen LogP contribution in [0, 0.1) is 3.57 Å². The maximum atomic E-state index is 11.7. The SMILES string of the molecule is COC(=O)c1ccccc1OCc1c(I)ccnc1OC. The van der Waals surface area contributed by atoms with E-state index >= 15 is 0 Å². The van der Waals surface area contributed by atoms with Gasteiger partial charge in [-0.25, -0.2) is 9.78 Å². The molecule has 0 aliphatic rings. The lowest BCUT2D eigenvalue weighted by atomic mass is 10.2. The number of ether oxygens (including phenoxy) is 3. The molecule has 0 saturated carbocycles. The van der Waals surface area contributed by atoms with Gasteiger partial charge in [0.15, 0.2) is 0 Å². The summed E-state index contributed by atoms with van der Waals surface area (Å²) in [4.78, 5) is 15.8. The molecule has 5 nitrogen and oxygen atoms in total. The number of benzene rings is 1. The number of hydrogen-bond acceptors (Lipinski definition) is 5. The second kappa shape index (κ2) is 7.26. The molecular weight excluding hydrogens is 385 g/mol. The standard InChI is InChI=1S/C15H14INO4/c1-19-14-11(12(16)7-8-17-14)9-21-13-6-4-3-5-10(13)15(18)20-2/h3-8H,9H2,1-2H3. The van der Waals surface area contributed by atoms with Gasteiger partial charge in [0, 0.05) is 9.77 Å². The van der Waals surface area contributed by atoms with E-state index in [4.69, 9.17) is 14.2 Å². The largest absolute Gasteiger partial charge is 0.488 e. The number of halogens is 1. The maximum Gasteiger partial charge on any atom is 0.341 e. The fourth-order valence-corrected chi connectivity index (χ4v) is 2.33. The summed E-state index contributed by atoms with van der Waals surface area (Å²) in [5.74, 6) is 0.543. The van der Waals surface area contributed by atoms with Gasteiger partial charge in [-0.1, -0.05) is 12.1 Å². The van der Waals surface area contributed by atoms with Crippen LogP contribution in [0.3, 0.4) is 0 Å². The van der Waals surface area contributed by atoms with Gasteiger partial charge in [-0.05, 0) is 40.8 Å². The van der Waals surface area contributed by atoms with E-state index in [1.807, 2.05) is 6.07 Å². The highest BCUT2D eigenvalue weighted by molar-refractivity contribution is 14.1. The van der Waals surface area contributed by atoms with E-state index in [2.05, 4.69) is 27.6 Å². The molecule has 0 unspecified atom stereocenters. The van der Waals surface area contributed by atoms with Crippen molar-refractivity contribution in [2.24, 2.45) is 0 Å². The smallest absolute Gasteiger partial charge is 0.341 e. The molecule has 0 saturated heterocycles. The molecule has 21 heavy (non-hydrogen) atoms. The molecule has 110 valence electrons. The first kappa shape index (κ1) is 15.6. The molecule has 0 radical (unpaired) electrons. The van der Waals surface area contributed by atoms with Crippen LogP contribution in [0.5, 0.6) is 11.6 Å². The average Bonchev–Trinajstić information content (AvgIpc) is 2.53. The molecule has 1 aromatic carbocycles. The van der Waals surface area contributed by atoms with Gasteiger partial charge in [-0.2, -0.15) is 0 Å². The second-order valence-electron chi connectivity index (χ2n) is 4.06. The van der Waals surface area contributed by atoms with Crippen molar-refractivity contribution in [1.29, 1.82) is 0 Å². The summed E-state index contributed by atoms with van der Waals surface area (Å²) in [6.07, 6.45) is 1.67. The number of esters is 1. The fourth-order valence-electron chi connectivity index (χ4n) is 1.78. The Kier molecular flexibility index (Phi) is 5.38. The van der Waals surface area contributed by atoms with Crippen LogP contribution in [0.4, 0.5) is 0 Å². The van der Waals surface area contributed by atoms with Crippen LogP contribution in [-0.4, -0.2) is 25.2 Å². The molecule has 1 heterocycles. The van der Waals surface area contributed by atoms with E-state index in [0.29, 0.717) is 17.2 Å². The van der Waals surface area contributed by atoms with Crippen LogP contribution >= 0.6 is 22.6 Å². The lowest BCUT2D eigenvalue weighted by Gasteiger charge is -2.13. The molecule has 0 N–H and O–H groups in total. The third-order valence-electron chi connectivity index (χ3n) is 2.82. The van der Waals surface area contributed by atoms with Crippen molar-refractivity contribution in [1.82, 2.24) is 4.98 Å². The lowest BCUT2D eigenvalue weighted by molar-refractivity contribution is 0.0595. The van der Waals surface area contributed by atoms with Gasteiger partial charge in [-0.3, -0.25) is 0 Å². The van der Waals surface area contributed by atoms with Gasteiger partial charge in [0.1, 0.15) is 17.9 Å². The Morgan fingerprint density at radius 2 is 2.00 bits per heavy atom. The van der Waals surface area contributed by atoms with Crippen molar-refractivity contribution < 1.29 is 19.0 Å². The Morgan fingerprint density at radius 3 is 2.71 bits per heavy atom. The highest BCUT2D eigenvalue weighted by atomic mass is 127. The van der Waals surface area contributed by atoms with Crippen LogP contribution in [-0.2, 0) is 11.3 Å². The van der Waals surface area contributed by atoms with Crippen LogP contribution in [0.1, 0.15) is 15.9 Å². The zero-order chi connectivity index (χ0) is 15.2. The first-order valence-corrected chi connectivity index (χ1v) is 7.22.